The lowest BCUT2D eigenvalue weighted by Crippen LogP contribution is -2.47. The molecule has 1 aliphatic heterocycles. The van der Waals surface area contributed by atoms with Crippen LogP contribution in [0, 0.1) is 15.9 Å². The summed E-state index contributed by atoms with van der Waals surface area (Å²) in [6.07, 6.45) is 1.09. The van der Waals surface area contributed by atoms with E-state index in [1.54, 1.807) is 48.5 Å². The van der Waals surface area contributed by atoms with Crippen LogP contribution < -0.4 is 4.31 Å². The van der Waals surface area contributed by atoms with Gasteiger partial charge in [-0.3, -0.25) is 19.3 Å². The highest BCUT2D eigenvalue weighted by atomic mass is 32.2. The van der Waals surface area contributed by atoms with Crippen molar-refractivity contribution >= 4 is 21.4 Å². The highest BCUT2D eigenvalue weighted by Gasteiger charge is 2.34. The number of hydrogen-bond donors (Lipinski definition) is 0. The van der Waals surface area contributed by atoms with Crippen molar-refractivity contribution in [2.45, 2.75) is 30.3 Å². The van der Waals surface area contributed by atoms with E-state index >= 15 is 0 Å². The molecule has 1 heterocycles. The molecule has 0 radical (unpaired) electrons. The molecule has 0 amide bonds. The highest BCUT2D eigenvalue weighted by Crippen LogP contribution is 2.31. The van der Waals surface area contributed by atoms with Crippen molar-refractivity contribution in [2.75, 3.05) is 17.4 Å². The molecule has 0 N–H and O–H groups in total. The molecule has 0 aromatic heterocycles. The van der Waals surface area contributed by atoms with Crippen LogP contribution in [0.3, 0.4) is 0 Å². The molecule has 172 valence electrons. The van der Waals surface area contributed by atoms with Gasteiger partial charge in [-0.1, -0.05) is 36.4 Å². The van der Waals surface area contributed by atoms with Gasteiger partial charge in [-0.05, 0) is 49.2 Å². The number of rotatable bonds is 7. The Labute approximate surface area is 192 Å². The molecule has 0 spiro atoms. The lowest BCUT2D eigenvalue weighted by molar-refractivity contribution is -0.385. The molecule has 3 aromatic rings. The van der Waals surface area contributed by atoms with Crippen LogP contribution in [0.4, 0.5) is 15.8 Å². The first-order valence-electron chi connectivity index (χ1n) is 10.7. The SMILES string of the molecule is O=[N+]([O-])c1ccccc1CN1CCC(N(c2ccc(F)cc2)S(=O)(=O)c2ccccc2)CC1. The maximum absolute atomic E-state index is 13.6. The smallest absolute Gasteiger partial charge is 0.273 e. The fraction of sp³-hybridized carbons (Fsp3) is 0.250. The first-order chi connectivity index (χ1) is 15.9. The van der Waals surface area contributed by atoms with E-state index in [1.165, 1.54) is 34.6 Å². The maximum Gasteiger partial charge on any atom is 0.273 e. The highest BCUT2D eigenvalue weighted by molar-refractivity contribution is 7.92. The summed E-state index contributed by atoms with van der Waals surface area (Å²) >= 11 is 0. The van der Waals surface area contributed by atoms with Crippen LogP contribution >= 0.6 is 0 Å². The van der Waals surface area contributed by atoms with Crippen LogP contribution in [0.2, 0.25) is 0 Å². The summed E-state index contributed by atoms with van der Waals surface area (Å²) in [4.78, 5) is 13.2. The summed E-state index contributed by atoms with van der Waals surface area (Å²) in [5, 5.41) is 11.3. The lowest BCUT2D eigenvalue weighted by atomic mass is 10.0. The Kier molecular flexibility index (Phi) is 6.71. The van der Waals surface area contributed by atoms with Gasteiger partial charge in [-0.25, -0.2) is 12.8 Å². The molecule has 33 heavy (non-hydrogen) atoms. The van der Waals surface area contributed by atoms with Crippen LogP contribution in [-0.2, 0) is 16.6 Å². The van der Waals surface area contributed by atoms with E-state index in [9.17, 15) is 22.9 Å². The number of anilines is 1. The van der Waals surface area contributed by atoms with Crippen molar-refractivity contribution in [1.82, 2.24) is 4.90 Å². The molecule has 0 unspecified atom stereocenters. The van der Waals surface area contributed by atoms with Gasteiger partial charge in [-0.2, -0.15) is 0 Å². The number of likely N-dealkylation sites (tertiary alicyclic amines) is 1. The Morgan fingerprint density at radius 1 is 0.939 bits per heavy atom. The third-order valence-electron chi connectivity index (χ3n) is 5.85. The molecule has 4 rings (SSSR count). The van der Waals surface area contributed by atoms with Crippen molar-refractivity contribution in [1.29, 1.82) is 0 Å². The second-order valence-electron chi connectivity index (χ2n) is 7.98. The van der Waals surface area contributed by atoms with Crippen molar-refractivity contribution in [3.05, 3.63) is 100 Å². The number of benzene rings is 3. The molecular weight excluding hydrogens is 445 g/mol. The molecule has 1 saturated heterocycles. The minimum Gasteiger partial charge on any atom is -0.299 e. The predicted octanol–water partition coefficient (Wildman–Crippen LogP) is 4.59. The molecule has 0 atom stereocenters. The standard InChI is InChI=1S/C24H24FN3O4S/c25-20-10-12-21(13-11-20)27(33(31,32)23-7-2-1-3-8-23)22-14-16-26(17-15-22)18-19-6-4-5-9-24(19)28(29)30/h1-13,22H,14-18H2. The molecule has 7 nitrogen and oxygen atoms in total. The quantitative estimate of drug-likeness (QED) is 0.373. The van der Waals surface area contributed by atoms with E-state index in [1.807, 2.05) is 0 Å². The summed E-state index contributed by atoms with van der Waals surface area (Å²) in [5.41, 5.74) is 1.13. The predicted molar refractivity (Wildman–Crippen MR) is 124 cm³/mol. The van der Waals surface area contributed by atoms with E-state index in [0.717, 1.165) is 0 Å². The Morgan fingerprint density at radius 3 is 2.18 bits per heavy atom. The van der Waals surface area contributed by atoms with Crippen molar-refractivity contribution in [3.8, 4) is 0 Å². The number of halogens is 1. The van der Waals surface area contributed by atoms with Crippen LogP contribution in [0.1, 0.15) is 18.4 Å². The summed E-state index contributed by atoms with van der Waals surface area (Å²) in [6.45, 7) is 1.59. The van der Waals surface area contributed by atoms with Crippen molar-refractivity contribution < 1.29 is 17.7 Å². The molecule has 0 bridgehead atoms. The van der Waals surface area contributed by atoms with Crippen LogP contribution in [0.25, 0.3) is 0 Å². The summed E-state index contributed by atoms with van der Waals surface area (Å²) < 4.78 is 42.0. The Bertz CT molecular complexity index is 1210. The number of sulfonamides is 1. The Morgan fingerprint density at radius 2 is 1.55 bits per heavy atom. The molecule has 0 saturated carbocycles. The average Bonchev–Trinajstić information content (AvgIpc) is 2.82. The van der Waals surface area contributed by atoms with Crippen LogP contribution in [-0.4, -0.2) is 37.4 Å². The number of para-hydroxylation sites is 1. The van der Waals surface area contributed by atoms with E-state index in [0.29, 0.717) is 43.7 Å². The monoisotopic (exact) mass is 469 g/mol. The van der Waals surface area contributed by atoms with Crippen molar-refractivity contribution in [2.24, 2.45) is 0 Å². The number of nitro groups is 1. The number of nitrogens with zero attached hydrogens (tertiary/aromatic N) is 3. The third-order valence-corrected chi connectivity index (χ3v) is 7.75. The maximum atomic E-state index is 13.6. The topological polar surface area (TPSA) is 83.8 Å². The first kappa shape index (κ1) is 22.9. The zero-order chi connectivity index (χ0) is 23.4. The lowest BCUT2D eigenvalue weighted by Gasteiger charge is -2.39. The van der Waals surface area contributed by atoms with E-state index in [4.69, 9.17) is 0 Å². The zero-order valence-electron chi connectivity index (χ0n) is 17.9. The number of hydrogen-bond acceptors (Lipinski definition) is 5. The van der Waals surface area contributed by atoms with Gasteiger partial charge in [0.2, 0.25) is 0 Å². The molecule has 1 aliphatic rings. The Balaban J connectivity index is 1.56. The summed E-state index contributed by atoms with van der Waals surface area (Å²) in [6, 6.07) is 20.0. The van der Waals surface area contributed by atoms with E-state index in [2.05, 4.69) is 4.90 Å². The van der Waals surface area contributed by atoms with Gasteiger partial charge >= 0.3 is 0 Å². The number of nitro benzene ring substituents is 1. The number of piperidine rings is 1. The van der Waals surface area contributed by atoms with Gasteiger partial charge in [-0.15, -0.1) is 0 Å². The largest absolute Gasteiger partial charge is 0.299 e. The fourth-order valence-corrected chi connectivity index (χ4v) is 5.95. The van der Waals surface area contributed by atoms with Crippen LogP contribution in [0.5, 0.6) is 0 Å². The second kappa shape index (κ2) is 9.68. The average molecular weight is 470 g/mol. The minimum absolute atomic E-state index is 0.0826. The Hall–Kier alpha value is -3.30. The zero-order valence-corrected chi connectivity index (χ0v) is 18.7. The first-order valence-corrected chi connectivity index (χ1v) is 12.1. The van der Waals surface area contributed by atoms with Gasteiger partial charge in [0.15, 0.2) is 0 Å². The van der Waals surface area contributed by atoms with Crippen molar-refractivity contribution in [3.63, 3.8) is 0 Å². The molecule has 3 aromatic carbocycles. The van der Waals surface area contributed by atoms with Gasteiger partial charge in [0, 0.05) is 37.3 Å². The normalized spacial score (nSPS) is 15.3. The van der Waals surface area contributed by atoms with E-state index in [-0.39, 0.29) is 21.5 Å². The van der Waals surface area contributed by atoms with Gasteiger partial charge < -0.3 is 0 Å². The van der Waals surface area contributed by atoms with Gasteiger partial charge in [0.1, 0.15) is 5.82 Å². The third kappa shape index (κ3) is 5.04. The second-order valence-corrected chi connectivity index (χ2v) is 9.80. The molecule has 0 aliphatic carbocycles. The molecular formula is C24H24FN3O4S. The fourth-order valence-electron chi connectivity index (χ4n) is 4.22. The molecule has 9 heteroatoms. The van der Waals surface area contributed by atoms with Gasteiger partial charge in [0.05, 0.1) is 15.5 Å². The molecule has 1 fully saturated rings. The van der Waals surface area contributed by atoms with Gasteiger partial charge in [0.25, 0.3) is 15.7 Å². The minimum atomic E-state index is -3.86. The van der Waals surface area contributed by atoms with Crippen LogP contribution in [0.15, 0.2) is 83.8 Å². The summed E-state index contributed by atoms with van der Waals surface area (Å²) in [7, 11) is -3.86. The van der Waals surface area contributed by atoms with E-state index < -0.39 is 15.8 Å². The summed E-state index contributed by atoms with van der Waals surface area (Å²) in [5.74, 6) is -0.435.